The number of pyridine rings is 1. The van der Waals surface area contributed by atoms with E-state index >= 15 is 0 Å². The Hall–Kier alpha value is -2.89. The number of rotatable bonds is 10. The molecule has 1 atom stereocenters. The Labute approximate surface area is 191 Å². The van der Waals surface area contributed by atoms with Crippen LogP contribution in [0.2, 0.25) is 0 Å². The summed E-state index contributed by atoms with van der Waals surface area (Å²) in [6, 6.07) is 2.23. The number of aromatic nitrogens is 1. The summed E-state index contributed by atoms with van der Waals surface area (Å²) in [5, 5.41) is 2.56. The fourth-order valence-electron chi connectivity index (χ4n) is 3.20. The summed E-state index contributed by atoms with van der Waals surface area (Å²) in [7, 11) is 0. The number of carbonyl (C=O) groups is 2. The summed E-state index contributed by atoms with van der Waals surface area (Å²) >= 11 is 0. The molecule has 0 aromatic carbocycles. The highest BCUT2D eigenvalue weighted by atomic mass is 19.3. The molecule has 0 fully saturated rings. The van der Waals surface area contributed by atoms with Crippen LogP contribution in [-0.2, 0) is 14.3 Å². The van der Waals surface area contributed by atoms with Crippen LogP contribution in [0.15, 0.2) is 35.6 Å². The zero-order valence-electron chi connectivity index (χ0n) is 19.1. The molecule has 1 aromatic rings. The molecule has 0 saturated carbocycles. The first-order chi connectivity index (χ1) is 15.5. The Bertz CT molecular complexity index is 915. The standard InChI is InChI=1S/C22H31F2N5O4/c1-14-8-17(9-20(27-14)28-15(2)30)21(31)29-11-16(10-26)4-5-19(33-13-22(3,23)24)18(29)12-32-7-6-25/h4-5,8-9,18H,6-7,10-13,25-26H2,1-3H3,(H,27,28,30). The van der Waals surface area contributed by atoms with Gasteiger partial charge in [-0.1, -0.05) is 6.08 Å². The molecule has 0 saturated heterocycles. The van der Waals surface area contributed by atoms with E-state index in [1.165, 1.54) is 24.0 Å². The molecule has 2 rings (SSSR count). The van der Waals surface area contributed by atoms with Crippen molar-refractivity contribution in [1.82, 2.24) is 9.88 Å². The van der Waals surface area contributed by atoms with Crippen LogP contribution >= 0.6 is 0 Å². The van der Waals surface area contributed by atoms with Gasteiger partial charge in [-0.25, -0.2) is 13.8 Å². The summed E-state index contributed by atoms with van der Waals surface area (Å²) in [6.07, 6.45) is 3.20. The second-order valence-corrected chi connectivity index (χ2v) is 7.83. The maximum Gasteiger partial charge on any atom is 0.278 e. The molecular formula is C22H31F2N5O4. The van der Waals surface area contributed by atoms with Crippen LogP contribution in [0.5, 0.6) is 0 Å². The smallest absolute Gasteiger partial charge is 0.278 e. The topological polar surface area (TPSA) is 133 Å². The zero-order chi connectivity index (χ0) is 24.6. The Kier molecular flexibility index (Phi) is 9.44. The Morgan fingerprint density at radius 2 is 2.03 bits per heavy atom. The monoisotopic (exact) mass is 467 g/mol. The minimum absolute atomic E-state index is 0.0155. The van der Waals surface area contributed by atoms with E-state index < -0.39 is 24.5 Å². The third kappa shape index (κ3) is 8.19. The summed E-state index contributed by atoms with van der Waals surface area (Å²) in [4.78, 5) is 30.7. The predicted molar refractivity (Wildman–Crippen MR) is 120 cm³/mol. The normalized spacial score (nSPS) is 16.6. The molecule has 1 aliphatic heterocycles. The van der Waals surface area contributed by atoms with Gasteiger partial charge in [0.15, 0.2) is 6.61 Å². The lowest BCUT2D eigenvalue weighted by Gasteiger charge is -2.33. The van der Waals surface area contributed by atoms with Gasteiger partial charge in [0.05, 0.1) is 13.2 Å². The third-order valence-electron chi connectivity index (χ3n) is 4.62. The lowest BCUT2D eigenvalue weighted by Crippen LogP contribution is -2.46. The average molecular weight is 468 g/mol. The lowest BCUT2D eigenvalue weighted by atomic mass is 10.1. The van der Waals surface area contributed by atoms with E-state index in [0.29, 0.717) is 11.3 Å². The molecular weight excluding hydrogens is 436 g/mol. The fourth-order valence-corrected chi connectivity index (χ4v) is 3.20. The molecule has 2 amide bonds. The molecule has 2 heterocycles. The Morgan fingerprint density at radius 1 is 1.30 bits per heavy atom. The quantitative estimate of drug-likeness (QED) is 0.445. The van der Waals surface area contributed by atoms with Crippen molar-refractivity contribution < 1.29 is 27.8 Å². The maximum absolute atomic E-state index is 13.6. The highest BCUT2D eigenvalue weighted by Crippen LogP contribution is 2.25. The number of halogens is 2. The van der Waals surface area contributed by atoms with Gasteiger partial charge >= 0.3 is 0 Å². The molecule has 33 heavy (non-hydrogen) atoms. The second-order valence-electron chi connectivity index (χ2n) is 7.83. The molecule has 5 N–H and O–H groups in total. The van der Waals surface area contributed by atoms with E-state index in [0.717, 1.165) is 6.92 Å². The summed E-state index contributed by atoms with van der Waals surface area (Å²) in [6.45, 7) is 3.65. The van der Waals surface area contributed by atoms with E-state index in [1.807, 2.05) is 0 Å². The van der Waals surface area contributed by atoms with Crippen molar-refractivity contribution in [2.24, 2.45) is 11.5 Å². The molecule has 1 aromatic heterocycles. The molecule has 1 aliphatic rings. The fraction of sp³-hybridized carbons (Fsp3) is 0.500. The molecule has 0 bridgehead atoms. The molecule has 1 unspecified atom stereocenters. The van der Waals surface area contributed by atoms with E-state index in [1.54, 1.807) is 19.1 Å². The van der Waals surface area contributed by atoms with E-state index in [2.05, 4.69) is 10.3 Å². The van der Waals surface area contributed by atoms with Gasteiger partial charge in [-0.05, 0) is 30.7 Å². The number of hydrogen-bond acceptors (Lipinski definition) is 7. The van der Waals surface area contributed by atoms with Crippen LogP contribution in [-0.4, -0.2) is 73.1 Å². The van der Waals surface area contributed by atoms with Gasteiger partial charge in [0.25, 0.3) is 11.8 Å². The first-order valence-electron chi connectivity index (χ1n) is 10.5. The van der Waals surface area contributed by atoms with E-state index in [-0.39, 0.29) is 55.9 Å². The maximum atomic E-state index is 13.6. The number of ether oxygens (including phenoxy) is 2. The van der Waals surface area contributed by atoms with Crippen molar-refractivity contribution in [1.29, 1.82) is 0 Å². The van der Waals surface area contributed by atoms with Crippen LogP contribution in [0.3, 0.4) is 0 Å². The zero-order valence-corrected chi connectivity index (χ0v) is 19.1. The number of hydrogen-bond donors (Lipinski definition) is 3. The second kappa shape index (κ2) is 11.8. The number of amides is 2. The highest BCUT2D eigenvalue weighted by Gasteiger charge is 2.33. The van der Waals surface area contributed by atoms with Gasteiger partial charge in [-0.15, -0.1) is 0 Å². The number of nitrogens with two attached hydrogens (primary N) is 2. The SMILES string of the molecule is CC(=O)Nc1cc(C(=O)N2CC(CN)=CC=C(OCC(C)(F)F)C2COCCN)cc(C)n1. The van der Waals surface area contributed by atoms with Gasteiger partial charge in [0, 0.05) is 44.7 Å². The van der Waals surface area contributed by atoms with Gasteiger partial charge in [-0.3, -0.25) is 9.59 Å². The summed E-state index contributed by atoms with van der Waals surface area (Å²) in [5.74, 6) is -3.45. The number of nitrogens with zero attached hydrogens (tertiary/aromatic N) is 2. The van der Waals surface area contributed by atoms with Crippen molar-refractivity contribution in [2.45, 2.75) is 32.7 Å². The van der Waals surface area contributed by atoms with Gasteiger partial charge in [0.1, 0.15) is 17.6 Å². The number of alkyl halides is 2. The van der Waals surface area contributed by atoms with Gasteiger partial charge in [-0.2, -0.15) is 0 Å². The average Bonchev–Trinajstić information content (AvgIpc) is 2.90. The van der Waals surface area contributed by atoms with Crippen molar-refractivity contribution in [3.63, 3.8) is 0 Å². The van der Waals surface area contributed by atoms with Crippen LogP contribution in [0.25, 0.3) is 0 Å². The molecule has 9 nitrogen and oxygen atoms in total. The van der Waals surface area contributed by atoms with Crippen LogP contribution in [0.4, 0.5) is 14.6 Å². The molecule has 182 valence electrons. The number of anilines is 1. The number of nitrogens with one attached hydrogen (secondary N) is 1. The summed E-state index contributed by atoms with van der Waals surface area (Å²) < 4.78 is 38.0. The van der Waals surface area contributed by atoms with E-state index in [4.69, 9.17) is 20.9 Å². The minimum atomic E-state index is -3.07. The van der Waals surface area contributed by atoms with Gasteiger partial charge in [0.2, 0.25) is 5.91 Å². The van der Waals surface area contributed by atoms with Crippen molar-refractivity contribution >= 4 is 17.6 Å². The Morgan fingerprint density at radius 3 is 2.64 bits per heavy atom. The predicted octanol–water partition coefficient (Wildman–Crippen LogP) is 1.59. The first kappa shape index (κ1) is 26.4. The number of carbonyl (C=O) groups excluding carboxylic acids is 2. The first-order valence-corrected chi connectivity index (χ1v) is 10.5. The molecule has 0 radical (unpaired) electrons. The minimum Gasteiger partial charge on any atom is -0.489 e. The highest BCUT2D eigenvalue weighted by molar-refractivity contribution is 5.97. The summed E-state index contributed by atoms with van der Waals surface area (Å²) in [5.41, 5.74) is 12.8. The van der Waals surface area contributed by atoms with Gasteiger partial charge < -0.3 is 31.2 Å². The van der Waals surface area contributed by atoms with Crippen LogP contribution < -0.4 is 16.8 Å². The largest absolute Gasteiger partial charge is 0.489 e. The van der Waals surface area contributed by atoms with Crippen molar-refractivity contribution in [3.05, 3.63) is 46.9 Å². The number of allylic oxidation sites excluding steroid dienone is 2. The lowest BCUT2D eigenvalue weighted by molar-refractivity contribution is -0.114. The Balaban J connectivity index is 2.45. The van der Waals surface area contributed by atoms with E-state index in [9.17, 15) is 18.4 Å². The third-order valence-corrected chi connectivity index (χ3v) is 4.62. The molecule has 0 aliphatic carbocycles. The number of aryl methyl sites for hydroxylation is 1. The van der Waals surface area contributed by atoms with Crippen LogP contribution in [0.1, 0.15) is 29.9 Å². The van der Waals surface area contributed by atoms with Crippen LogP contribution in [0, 0.1) is 6.92 Å². The van der Waals surface area contributed by atoms with Crippen molar-refractivity contribution in [2.75, 3.05) is 44.8 Å². The molecule has 11 heteroatoms. The molecule has 0 spiro atoms. The van der Waals surface area contributed by atoms with Crippen molar-refractivity contribution in [3.8, 4) is 0 Å².